The Kier molecular flexibility index (Phi) is 5.62. The average Bonchev–Trinajstić information content (AvgIpc) is 2.59. The van der Waals surface area contributed by atoms with Crippen LogP contribution in [0.3, 0.4) is 0 Å². The Morgan fingerprint density at radius 3 is 2.48 bits per heavy atom. The van der Waals surface area contributed by atoms with Gasteiger partial charge < -0.3 is 29.2 Å². The Morgan fingerprint density at radius 1 is 1.17 bits per heavy atom. The molecule has 0 unspecified atom stereocenters. The number of carboxylic acid groups (broad SMARTS) is 1. The van der Waals surface area contributed by atoms with E-state index in [0.717, 1.165) is 0 Å². The molecule has 1 aromatic carbocycles. The first-order valence-electron chi connectivity index (χ1n) is 8.07. The third-order valence-electron chi connectivity index (χ3n) is 4.20. The molecule has 1 saturated heterocycles. The van der Waals surface area contributed by atoms with Gasteiger partial charge in [-0.15, -0.1) is 0 Å². The Morgan fingerprint density at radius 2 is 1.86 bits per heavy atom. The quantitative estimate of drug-likeness (QED) is 0.340. The predicted octanol–water partition coefficient (Wildman–Crippen LogP) is -0.800. The van der Waals surface area contributed by atoms with Gasteiger partial charge in [-0.25, -0.2) is 13.8 Å². The fraction of sp³-hybridized carbons (Fsp3) is 0.375. The molecule has 3 rings (SSSR count). The second kappa shape index (κ2) is 7.70. The topological polar surface area (TPSA) is 190 Å². The number of aliphatic hydroxyl groups is 2. The van der Waals surface area contributed by atoms with Gasteiger partial charge in [-0.1, -0.05) is 0 Å². The van der Waals surface area contributed by atoms with Gasteiger partial charge in [0.15, 0.2) is 12.2 Å². The highest BCUT2D eigenvalue weighted by molar-refractivity contribution is 7.80. The lowest BCUT2D eigenvalue weighted by atomic mass is 9.99. The van der Waals surface area contributed by atoms with E-state index in [1.807, 2.05) is 0 Å². The van der Waals surface area contributed by atoms with Crippen molar-refractivity contribution in [3.05, 3.63) is 40.2 Å². The number of fused-ring (bicyclic) bond motifs is 1. The van der Waals surface area contributed by atoms with Gasteiger partial charge in [-0.2, -0.15) is 8.42 Å². The largest absolute Gasteiger partial charge is 0.479 e. The molecule has 13 heteroatoms. The zero-order valence-corrected chi connectivity index (χ0v) is 15.5. The van der Waals surface area contributed by atoms with Gasteiger partial charge in [-0.3, -0.25) is 4.55 Å². The van der Waals surface area contributed by atoms with E-state index in [1.165, 1.54) is 24.3 Å². The molecule has 0 amide bonds. The van der Waals surface area contributed by atoms with Crippen molar-refractivity contribution in [2.75, 3.05) is 0 Å². The first kappa shape index (κ1) is 21.2. The van der Waals surface area contributed by atoms with Crippen LogP contribution < -0.4 is 10.4 Å². The average molecular weight is 432 g/mol. The molecule has 0 spiro atoms. The smallest absolute Gasteiger partial charge is 0.397 e. The van der Waals surface area contributed by atoms with E-state index in [2.05, 4.69) is 4.18 Å². The minimum absolute atomic E-state index is 0.0621. The summed E-state index contributed by atoms with van der Waals surface area (Å²) in [6, 6.07) is 5.43. The molecule has 1 aliphatic rings. The van der Waals surface area contributed by atoms with E-state index in [9.17, 15) is 28.2 Å². The van der Waals surface area contributed by atoms with Crippen molar-refractivity contribution in [1.29, 1.82) is 0 Å². The number of ether oxygens (including phenoxy) is 2. The molecule has 12 nitrogen and oxygen atoms in total. The number of aliphatic carboxylic acids is 1. The summed E-state index contributed by atoms with van der Waals surface area (Å²) in [5.74, 6) is -1.72. The summed E-state index contributed by atoms with van der Waals surface area (Å²) in [6.07, 6.45) is -10.0. The van der Waals surface area contributed by atoms with Crippen LogP contribution in [0, 0.1) is 6.92 Å². The molecule has 4 N–H and O–H groups in total. The van der Waals surface area contributed by atoms with Crippen LogP contribution >= 0.6 is 0 Å². The van der Waals surface area contributed by atoms with Crippen LogP contribution in [-0.2, 0) is 24.1 Å². The van der Waals surface area contributed by atoms with Crippen LogP contribution in [0.25, 0.3) is 11.0 Å². The molecule has 5 atom stereocenters. The molecule has 2 aromatic rings. The summed E-state index contributed by atoms with van der Waals surface area (Å²) in [6.45, 7) is 1.68. The lowest BCUT2D eigenvalue weighted by Gasteiger charge is -2.39. The lowest BCUT2D eigenvalue weighted by Crippen LogP contribution is -2.62. The van der Waals surface area contributed by atoms with Crippen LogP contribution in [0.1, 0.15) is 5.56 Å². The molecule has 0 radical (unpaired) electrons. The maximum absolute atomic E-state index is 11.5. The Hall–Kier alpha value is -2.55. The zero-order chi connectivity index (χ0) is 21.5. The minimum Gasteiger partial charge on any atom is -0.479 e. The molecule has 158 valence electrons. The summed E-state index contributed by atoms with van der Waals surface area (Å²) in [7, 11) is -5.13. The van der Waals surface area contributed by atoms with E-state index in [-0.39, 0.29) is 11.3 Å². The summed E-state index contributed by atoms with van der Waals surface area (Å²) >= 11 is 0. The van der Waals surface area contributed by atoms with Crippen molar-refractivity contribution in [3.63, 3.8) is 0 Å². The fourth-order valence-electron chi connectivity index (χ4n) is 2.89. The Balaban J connectivity index is 1.97. The Bertz CT molecular complexity index is 1090. The van der Waals surface area contributed by atoms with Crippen LogP contribution in [-0.4, -0.2) is 65.0 Å². The van der Waals surface area contributed by atoms with E-state index < -0.39 is 52.7 Å². The van der Waals surface area contributed by atoms with E-state index in [1.54, 1.807) is 6.92 Å². The van der Waals surface area contributed by atoms with Crippen molar-refractivity contribution in [2.45, 2.75) is 37.6 Å². The highest BCUT2D eigenvalue weighted by Crippen LogP contribution is 2.29. The van der Waals surface area contributed by atoms with Crippen molar-refractivity contribution < 1.29 is 51.2 Å². The van der Waals surface area contributed by atoms with Crippen LogP contribution in [0.4, 0.5) is 0 Å². The molecule has 1 aromatic heterocycles. The highest BCUT2D eigenvalue weighted by atomic mass is 32.3. The second-order valence-electron chi connectivity index (χ2n) is 6.26. The van der Waals surface area contributed by atoms with E-state index in [4.69, 9.17) is 23.6 Å². The first-order valence-corrected chi connectivity index (χ1v) is 9.44. The number of aliphatic hydroxyl groups excluding tert-OH is 2. The molecular weight excluding hydrogens is 416 g/mol. The van der Waals surface area contributed by atoms with Crippen molar-refractivity contribution in [3.8, 4) is 5.75 Å². The van der Waals surface area contributed by atoms with Crippen molar-refractivity contribution >= 4 is 27.3 Å². The van der Waals surface area contributed by atoms with Gasteiger partial charge in [0.05, 0.1) is 0 Å². The third kappa shape index (κ3) is 4.55. The Labute approximate surface area is 162 Å². The highest BCUT2D eigenvalue weighted by Gasteiger charge is 2.51. The normalized spacial score (nSPS) is 27.7. The number of benzene rings is 1. The number of rotatable bonds is 5. The van der Waals surface area contributed by atoms with Gasteiger partial charge in [0.25, 0.3) is 0 Å². The standard InChI is InChI=1S/C16H16O12S/c1-6-4-10(17)26-9-5-7(2-3-8(6)9)25-16-14(28-29(22,23)24)12(19)11(18)13(27-16)15(20)21/h2-5,11-14,16,18-19H,1H3,(H,20,21)(H,22,23,24)/t11-,12-,13+,14+,16+/m0/s1. The second-order valence-corrected chi connectivity index (χ2v) is 7.31. The first-order chi connectivity index (χ1) is 13.5. The monoisotopic (exact) mass is 432 g/mol. The number of carboxylic acids is 1. The number of hydrogen-bond donors (Lipinski definition) is 4. The van der Waals surface area contributed by atoms with Gasteiger partial charge in [0.2, 0.25) is 6.29 Å². The molecule has 1 aliphatic heterocycles. The van der Waals surface area contributed by atoms with E-state index in [0.29, 0.717) is 10.9 Å². The predicted molar refractivity (Wildman–Crippen MR) is 92.6 cm³/mol. The summed E-state index contributed by atoms with van der Waals surface area (Å²) in [4.78, 5) is 22.8. The fourth-order valence-corrected chi connectivity index (χ4v) is 3.38. The third-order valence-corrected chi connectivity index (χ3v) is 4.66. The molecule has 0 aliphatic carbocycles. The van der Waals surface area contributed by atoms with E-state index >= 15 is 0 Å². The number of aryl methyl sites for hydroxylation is 1. The van der Waals surface area contributed by atoms with Gasteiger partial charge in [0.1, 0.15) is 23.5 Å². The molecular formula is C16H16O12S. The SMILES string of the molecule is Cc1cc(=O)oc2cc(O[C@@H]3O[C@@H](C(=O)O)[C@@H](O)[C@H](O)[C@H]3OS(=O)(=O)O)ccc12. The summed E-state index contributed by atoms with van der Waals surface area (Å²) in [5, 5.41) is 29.6. The lowest BCUT2D eigenvalue weighted by molar-refractivity contribution is -0.265. The van der Waals surface area contributed by atoms with Gasteiger partial charge in [-0.05, 0) is 24.6 Å². The number of hydrogen-bond acceptors (Lipinski definition) is 10. The van der Waals surface area contributed by atoms with Crippen LogP contribution in [0.15, 0.2) is 33.5 Å². The van der Waals surface area contributed by atoms with Gasteiger partial charge >= 0.3 is 22.0 Å². The van der Waals surface area contributed by atoms with Crippen molar-refractivity contribution in [1.82, 2.24) is 0 Å². The molecule has 1 fully saturated rings. The van der Waals surface area contributed by atoms with Gasteiger partial charge in [0, 0.05) is 17.5 Å². The molecule has 0 saturated carbocycles. The van der Waals surface area contributed by atoms with Crippen LogP contribution in [0.2, 0.25) is 0 Å². The zero-order valence-electron chi connectivity index (χ0n) is 14.7. The summed E-state index contributed by atoms with van der Waals surface area (Å²) < 4.78 is 50.8. The maximum Gasteiger partial charge on any atom is 0.397 e. The number of carbonyl (C=O) groups is 1. The molecule has 2 heterocycles. The van der Waals surface area contributed by atoms with Crippen LogP contribution in [0.5, 0.6) is 5.75 Å². The molecule has 0 bridgehead atoms. The maximum atomic E-state index is 11.5. The van der Waals surface area contributed by atoms with Crippen molar-refractivity contribution in [2.24, 2.45) is 0 Å². The molecule has 29 heavy (non-hydrogen) atoms. The summed E-state index contributed by atoms with van der Waals surface area (Å²) in [5.41, 5.74) is 0.109. The minimum atomic E-state index is -5.13.